The number of fused-ring (bicyclic) bond motifs is 4. The molecule has 67 heavy (non-hydrogen) atoms. The average Bonchev–Trinajstić information content (AvgIpc) is 3.71. The van der Waals surface area contributed by atoms with Gasteiger partial charge in [0.25, 0.3) is 0 Å². The maximum Gasteiger partial charge on any atom is 0.0713 e. The monoisotopic (exact) mass is 853 g/mol. The van der Waals surface area contributed by atoms with E-state index in [4.69, 9.17) is 0 Å². The van der Waals surface area contributed by atoms with Crippen LogP contribution in [0.4, 0.5) is 17.1 Å². The van der Waals surface area contributed by atoms with Crippen molar-refractivity contribution in [1.29, 1.82) is 0 Å². The predicted octanol–water partition coefficient (Wildman–Crippen LogP) is 16.7. The maximum atomic E-state index is 2.50. The van der Waals surface area contributed by atoms with Crippen LogP contribution in [0.25, 0.3) is 33.0 Å². The molecule has 0 heterocycles. The third kappa shape index (κ3) is 6.62. The van der Waals surface area contributed by atoms with E-state index in [0.29, 0.717) is 0 Å². The Hall–Kier alpha value is -8.52. The lowest BCUT2D eigenvalue weighted by Crippen LogP contribution is -2.32. The van der Waals surface area contributed by atoms with E-state index in [1.165, 1.54) is 77.5 Å². The van der Waals surface area contributed by atoms with E-state index in [-0.39, 0.29) is 0 Å². The molecule has 11 aromatic rings. The van der Waals surface area contributed by atoms with Gasteiger partial charge in [0, 0.05) is 17.1 Å². The summed E-state index contributed by atoms with van der Waals surface area (Å²) in [5.74, 6) is 0. The van der Waals surface area contributed by atoms with Crippen LogP contribution in [0.15, 0.2) is 285 Å². The summed E-state index contributed by atoms with van der Waals surface area (Å²) in [7, 11) is 0. The number of para-hydroxylation sites is 1. The van der Waals surface area contributed by atoms with Crippen molar-refractivity contribution in [3.63, 3.8) is 0 Å². The van der Waals surface area contributed by atoms with Crippen LogP contribution in [0, 0.1) is 0 Å². The Morgan fingerprint density at radius 3 is 1.31 bits per heavy atom. The second-order valence-electron chi connectivity index (χ2n) is 17.6. The first-order chi connectivity index (χ1) is 33.2. The normalized spacial score (nSPS) is 12.6. The van der Waals surface area contributed by atoms with E-state index in [9.17, 15) is 0 Å². The Bertz CT molecular complexity index is 3390. The van der Waals surface area contributed by atoms with Gasteiger partial charge in [-0.3, -0.25) is 0 Å². The van der Waals surface area contributed by atoms with Crippen molar-refractivity contribution < 1.29 is 0 Å². The quantitative estimate of drug-likeness (QED) is 0.124. The van der Waals surface area contributed by atoms with Crippen LogP contribution in [0.1, 0.15) is 44.5 Å². The zero-order valence-corrected chi connectivity index (χ0v) is 37.1. The van der Waals surface area contributed by atoms with Gasteiger partial charge in [-0.15, -0.1) is 0 Å². The average molecular weight is 854 g/mol. The highest BCUT2D eigenvalue weighted by Crippen LogP contribution is 2.58. The minimum absolute atomic E-state index is 0.481. The lowest BCUT2D eigenvalue weighted by molar-refractivity contribution is 0.739. The molecule has 1 nitrogen and oxygen atoms in total. The van der Waals surface area contributed by atoms with Gasteiger partial charge in [-0.05, 0) is 126 Å². The number of anilines is 3. The zero-order chi connectivity index (χ0) is 44.6. The highest BCUT2D eigenvalue weighted by Gasteiger charge is 2.47. The molecule has 12 rings (SSSR count). The van der Waals surface area contributed by atoms with Crippen molar-refractivity contribution in [2.45, 2.75) is 10.8 Å². The van der Waals surface area contributed by atoms with Crippen molar-refractivity contribution in [3.8, 4) is 22.3 Å². The Morgan fingerprint density at radius 1 is 0.269 bits per heavy atom. The fourth-order valence-corrected chi connectivity index (χ4v) is 11.1. The van der Waals surface area contributed by atoms with E-state index < -0.39 is 10.8 Å². The Kier molecular flexibility index (Phi) is 10.0. The van der Waals surface area contributed by atoms with Gasteiger partial charge >= 0.3 is 0 Å². The lowest BCUT2D eigenvalue weighted by atomic mass is 9.64. The lowest BCUT2D eigenvalue weighted by Gasteiger charge is -2.38. The summed E-state index contributed by atoms with van der Waals surface area (Å²) in [6.07, 6.45) is 0. The molecule has 0 aliphatic heterocycles. The maximum absolute atomic E-state index is 2.50. The second kappa shape index (κ2) is 16.8. The third-order valence-corrected chi connectivity index (χ3v) is 14.1. The molecule has 0 bridgehead atoms. The molecule has 0 aromatic heterocycles. The molecule has 1 aliphatic rings. The van der Waals surface area contributed by atoms with Crippen LogP contribution < -0.4 is 4.90 Å². The van der Waals surface area contributed by atoms with Gasteiger partial charge in [0.05, 0.1) is 10.8 Å². The molecule has 0 N–H and O–H groups in total. The first kappa shape index (κ1) is 40.0. The third-order valence-electron chi connectivity index (χ3n) is 14.1. The van der Waals surface area contributed by atoms with Crippen LogP contribution in [0.5, 0.6) is 0 Å². The predicted molar refractivity (Wildman–Crippen MR) is 280 cm³/mol. The number of hydrogen-bond donors (Lipinski definition) is 0. The van der Waals surface area contributed by atoms with Gasteiger partial charge < -0.3 is 4.90 Å². The minimum atomic E-state index is -0.658. The van der Waals surface area contributed by atoms with Gasteiger partial charge in [-0.25, -0.2) is 0 Å². The molecule has 1 heteroatoms. The van der Waals surface area contributed by atoms with E-state index in [1.807, 2.05) is 0 Å². The molecule has 1 aliphatic carbocycles. The van der Waals surface area contributed by atoms with Crippen molar-refractivity contribution >= 4 is 27.8 Å². The highest BCUT2D eigenvalue weighted by atomic mass is 15.1. The zero-order valence-electron chi connectivity index (χ0n) is 37.1. The molecule has 316 valence electrons. The Labute approximate surface area is 393 Å². The summed E-state index contributed by atoms with van der Waals surface area (Å²) in [6, 6.07) is 105. The first-order valence-corrected chi connectivity index (χ1v) is 23.2. The summed E-state index contributed by atoms with van der Waals surface area (Å²) in [5.41, 5.74) is 17.0. The van der Waals surface area contributed by atoms with Crippen molar-refractivity contribution in [2.75, 3.05) is 4.90 Å². The molecule has 11 aromatic carbocycles. The SMILES string of the molecule is c1ccc(N(c2ccc(-c3ccc4ccccc4c3)cc2)c2ccc(C(c3ccccc3)(c3ccccc3)c3ccc4c(c3)-c3ccccc3C4(c3ccccc3)c3ccccc3)cc2)cc1. The molecule has 0 unspecified atom stereocenters. The molecule has 0 atom stereocenters. The van der Waals surface area contributed by atoms with Crippen molar-refractivity contribution in [2.24, 2.45) is 0 Å². The fourth-order valence-electron chi connectivity index (χ4n) is 11.1. The van der Waals surface area contributed by atoms with Gasteiger partial charge in [-0.1, -0.05) is 237 Å². The van der Waals surface area contributed by atoms with E-state index >= 15 is 0 Å². The topological polar surface area (TPSA) is 3.24 Å². The molecular weight excluding hydrogens is 807 g/mol. The Morgan fingerprint density at radius 2 is 0.701 bits per heavy atom. The van der Waals surface area contributed by atoms with E-state index in [2.05, 4.69) is 290 Å². The number of rotatable bonds is 10. The highest BCUT2D eigenvalue weighted by molar-refractivity contribution is 5.89. The summed E-state index contributed by atoms with van der Waals surface area (Å²) in [4.78, 5) is 2.36. The number of nitrogens with zero attached hydrogens (tertiary/aromatic N) is 1. The minimum Gasteiger partial charge on any atom is -0.311 e. The van der Waals surface area contributed by atoms with Gasteiger partial charge in [0.2, 0.25) is 0 Å². The molecule has 0 amide bonds. The molecule has 0 spiro atoms. The molecular formula is C66H47N. The summed E-state index contributed by atoms with van der Waals surface area (Å²) in [6.45, 7) is 0. The summed E-state index contributed by atoms with van der Waals surface area (Å²) < 4.78 is 0. The van der Waals surface area contributed by atoms with Gasteiger partial charge in [0.15, 0.2) is 0 Å². The fraction of sp³-hybridized carbons (Fsp3) is 0.0303. The molecule has 0 fully saturated rings. The molecule has 0 saturated heterocycles. The summed E-state index contributed by atoms with van der Waals surface area (Å²) >= 11 is 0. The summed E-state index contributed by atoms with van der Waals surface area (Å²) in [5, 5.41) is 2.49. The van der Waals surface area contributed by atoms with Gasteiger partial charge in [0.1, 0.15) is 0 Å². The largest absolute Gasteiger partial charge is 0.311 e. The number of benzene rings is 11. The van der Waals surface area contributed by atoms with Crippen LogP contribution in [0.2, 0.25) is 0 Å². The van der Waals surface area contributed by atoms with E-state index in [0.717, 1.165) is 17.1 Å². The van der Waals surface area contributed by atoms with Crippen LogP contribution in [0.3, 0.4) is 0 Å². The van der Waals surface area contributed by atoms with Crippen LogP contribution in [-0.4, -0.2) is 0 Å². The second-order valence-corrected chi connectivity index (χ2v) is 17.6. The first-order valence-electron chi connectivity index (χ1n) is 23.2. The van der Waals surface area contributed by atoms with Crippen molar-refractivity contribution in [1.82, 2.24) is 0 Å². The standard InChI is InChI=1S/C66H47N/c1-6-22-52(23-7-1)65(53-24-8-2-9-25-53,57-40-45-64-62(47-57)61-32-18-19-33-63(61)66(64,54-26-10-3-11-27-54)55-28-12-4-13-29-55)56-38-43-60(44-39-56)67(58-30-14-5-15-31-58)59-41-36-49(37-42-59)51-35-34-48-20-16-17-21-50(48)46-51/h1-47H. The van der Waals surface area contributed by atoms with Gasteiger partial charge in [-0.2, -0.15) is 0 Å². The number of hydrogen-bond acceptors (Lipinski definition) is 1. The molecule has 0 saturated carbocycles. The van der Waals surface area contributed by atoms with E-state index in [1.54, 1.807) is 0 Å². The van der Waals surface area contributed by atoms with Crippen molar-refractivity contribution in [3.05, 3.63) is 330 Å². The Balaban J connectivity index is 1.03. The van der Waals surface area contributed by atoms with Crippen LogP contribution in [-0.2, 0) is 10.8 Å². The smallest absolute Gasteiger partial charge is 0.0713 e. The van der Waals surface area contributed by atoms with Crippen LogP contribution >= 0.6 is 0 Å². The molecule has 0 radical (unpaired) electrons.